The maximum Gasteiger partial charge on any atom is 0.261 e. The zero-order valence-electron chi connectivity index (χ0n) is 42.4. The fourth-order valence-electron chi connectivity index (χ4n) is 1.31. The van der Waals surface area contributed by atoms with Crippen molar-refractivity contribution in [2.75, 3.05) is 14.1 Å². The second kappa shape index (κ2) is 68.8. The van der Waals surface area contributed by atoms with Crippen LogP contribution in [0.4, 0.5) is 0 Å². The Hall–Kier alpha value is -2.93. The number of Topliss-reactive ketones (excluding diaryl/α,β-unsaturated/α-hetero) is 9. The molecule has 13 heteroatoms. The zero-order chi connectivity index (χ0) is 50.0. The summed E-state index contributed by atoms with van der Waals surface area (Å²) in [5.74, 6) is 3.56. The lowest BCUT2D eigenvalue weighted by Gasteiger charge is -2.09. The van der Waals surface area contributed by atoms with E-state index in [0.29, 0.717) is 19.3 Å². The van der Waals surface area contributed by atoms with Crippen molar-refractivity contribution in [3.8, 4) is 0 Å². The van der Waals surface area contributed by atoms with Gasteiger partial charge in [-0.15, -0.1) is 0 Å². The highest BCUT2D eigenvalue weighted by molar-refractivity contribution is 7.44. The van der Waals surface area contributed by atoms with E-state index in [1.807, 2.05) is 90.0 Å². The number of unbranched alkanes of at least 4 members (excludes halogenated alkanes) is 1. The average molecular weight is 915 g/mol. The first kappa shape index (κ1) is 89.1. The predicted molar refractivity (Wildman–Crippen MR) is 265 cm³/mol. The molecule has 0 aliphatic rings. The van der Waals surface area contributed by atoms with Gasteiger partial charge >= 0.3 is 0 Å². The first-order valence-electron chi connectivity index (χ1n) is 20.7. The van der Waals surface area contributed by atoms with Crippen LogP contribution in [0.2, 0.25) is 0 Å². The highest BCUT2D eigenvalue weighted by Crippen LogP contribution is 2.14. The van der Waals surface area contributed by atoms with Crippen LogP contribution in [0, 0.1) is 35.5 Å². The van der Waals surface area contributed by atoms with Gasteiger partial charge in [-0.2, -0.15) is 8.73 Å². The van der Waals surface area contributed by atoms with E-state index in [9.17, 15) is 43.2 Å². The smallest absolute Gasteiger partial charge is 0.261 e. The Bertz CT molecular complexity index is 969. The van der Waals surface area contributed by atoms with E-state index in [4.69, 9.17) is 0 Å². The Kier molecular flexibility index (Phi) is 100. The predicted octanol–water partition coefficient (Wildman–Crippen LogP) is 9.01. The zero-order valence-corrected chi connectivity index (χ0v) is 44.0. The van der Waals surface area contributed by atoms with Crippen LogP contribution in [0.1, 0.15) is 212 Å². The van der Waals surface area contributed by atoms with E-state index in [1.54, 1.807) is 76.4 Å². The molecule has 0 spiro atoms. The molecule has 2 unspecified atom stereocenters. The molecule has 0 rings (SSSR count). The van der Waals surface area contributed by atoms with E-state index in [2.05, 4.69) is 33.6 Å². The summed E-state index contributed by atoms with van der Waals surface area (Å²) in [5, 5.41) is 0. The summed E-state index contributed by atoms with van der Waals surface area (Å²) in [5.41, 5.74) is 0. The maximum absolute atomic E-state index is 10.9. The van der Waals surface area contributed by atoms with Crippen LogP contribution in [-0.2, 0) is 68.0 Å². The third-order valence-electron chi connectivity index (χ3n) is 7.66. The van der Waals surface area contributed by atoms with Gasteiger partial charge in [0.15, 0.2) is 0 Å². The van der Waals surface area contributed by atoms with Crippen LogP contribution in [0.15, 0.2) is 0 Å². The molecule has 2 atom stereocenters. The molecule has 368 valence electrons. The van der Waals surface area contributed by atoms with Gasteiger partial charge in [0.2, 0.25) is 0 Å². The van der Waals surface area contributed by atoms with E-state index in [-0.39, 0.29) is 102 Å². The van der Waals surface area contributed by atoms with Crippen LogP contribution in [-0.4, -0.2) is 66.1 Å². The molecular weight excluding hydrogens is 813 g/mol. The van der Waals surface area contributed by atoms with Gasteiger partial charge in [-0.25, -0.2) is 0 Å². The summed E-state index contributed by atoms with van der Waals surface area (Å²) in [7, 11) is 3.38. The summed E-state index contributed by atoms with van der Waals surface area (Å²) in [4.78, 5) is 91.9. The first-order valence-corrected chi connectivity index (χ1v) is 21.6. The van der Waals surface area contributed by atoms with Crippen molar-refractivity contribution >= 4 is 76.9 Å². The highest BCUT2D eigenvalue weighted by atomic mass is 32.1. The van der Waals surface area contributed by atoms with Crippen LogP contribution < -0.4 is 8.73 Å². The number of carbonyl (C=O) groups excluding carboxylic acids is 9. The lowest BCUT2D eigenvalue weighted by atomic mass is 9.95. The van der Waals surface area contributed by atoms with Crippen LogP contribution in [0.5, 0.6) is 0 Å². The van der Waals surface area contributed by atoms with Gasteiger partial charge < -0.3 is 14.4 Å². The van der Waals surface area contributed by atoms with Crippen molar-refractivity contribution in [2.45, 2.75) is 212 Å². The fraction of sp³-hybridized carbons (Fsp3) is 0.812. The molecule has 0 heterocycles. The number of carbonyl (C=O) groups is 9. The Balaban J connectivity index is -0.0000000453. The maximum atomic E-state index is 10.9. The minimum Gasteiger partial charge on any atom is -0.300 e. The Morgan fingerprint density at radius 1 is 0.361 bits per heavy atom. The highest BCUT2D eigenvalue weighted by Gasteiger charge is 2.09. The first-order chi connectivity index (χ1) is 26.7. The molecule has 0 aromatic rings. The molecule has 0 fully saturated rings. The number of hydrogen-bond donors (Lipinski definition) is 2. The second-order valence-corrected chi connectivity index (χ2v) is 15.8. The molecule has 11 nitrogen and oxygen atoms in total. The summed E-state index contributed by atoms with van der Waals surface area (Å²) >= 11 is 8.29. The summed E-state index contributed by atoms with van der Waals surface area (Å²) in [6.45, 7) is 39.1. The number of ketones is 9. The number of nitrogens with one attached hydrogen (secondary N) is 2. The quantitative estimate of drug-likeness (QED) is 0.159. The van der Waals surface area contributed by atoms with Crippen molar-refractivity contribution < 1.29 is 51.9 Å². The average Bonchev–Trinajstić information content (AvgIpc) is 3.11. The topological polar surface area (TPSA) is 182 Å². The minimum absolute atomic E-state index is 0. The van der Waals surface area contributed by atoms with Gasteiger partial charge in [0, 0.05) is 54.8 Å². The molecule has 0 aromatic carbocycles. The minimum atomic E-state index is 0. The molecule has 0 bridgehead atoms. The van der Waals surface area contributed by atoms with Gasteiger partial charge in [-0.05, 0) is 75.2 Å². The Morgan fingerprint density at radius 2 is 0.459 bits per heavy atom. The number of hydrogen-bond acceptors (Lipinski definition) is 11. The molecular formula is C48H102N2O9S2+2. The largest absolute Gasteiger partial charge is 0.300 e. The van der Waals surface area contributed by atoms with Crippen molar-refractivity contribution in [1.29, 1.82) is 0 Å². The molecule has 0 saturated heterocycles. The molecule has 0 amide bonds. The van der Waals surface area contributed by atoms with Crippen molar-refractivity contribution in [3.05, 3.63) is 0 Å². The third kappa shape index (κ3) is 149. The van der Waals surface area contributed by atoms with Crippen molar-refractivity contribution in [3.63, 3.8) is 0 Å². The van der Waals surface area contributed by atoms with Gasteiger partial charge in [-0.1, -0.05) is 118 Å². The molecule has 0 aliphatic carbocycles. The molecule has 0 aliphatic heterocycles. The molecule has 2 N–H and O–H groups in total. The summed E-state index contributed by atoms with van der Waals surface area (Å²) < 4.78 is 4.67. The Morgan fingerprint density at radius 3 is 0.508 bits per heavy atom. The summed E-state index contributed by atoms with van der Waals surface area (Å²) in [6, 6.07) is 0. The Labute approximate surface area is 389 Å². The van der Waals surface area contributed by atoms with E-state index in [0.717, 1.165) is 25.7 Å². The van der Waals surface area contributed by atoms with Gasteiger partial charge in [0.05, 0.1) is 0 Å². The third-order valence-corrected chi connectivity index (χ3v) is 7.66. The summed E-state index contributed by atoms with van der Waals surface area (Å²) in [6.07, 6.45) is 6.02. The van der Waals surface area contributed by atoms with Crippen molar-refractivity contribution in [1.82, 2.24) is 0 Å². The standard InChI is InChI=1S/C12H22O2.4C5H10O.3C4H8O.2CH3NS.2CH4/c1-9(11(3)13)7-5-6-8-10(2)12(4)14;4*1-4(2)5(3)6;3*1-3-4(2)5;2*1-2-3;;/h9-10H,5-8H2,1-4H3;4*4H,1-3H3;3*3H2,1-2H3;2*1H3;2*1H4/p+2. The van der Waals surface area contributed by atoms with E-state index in [1.165, 1.54) is 0 Å². The van der Waals surface area contributed by atoms with Gasteiger partial charge in [0.1, 0.15) is 66.1 Å². The lowest BCUT2D eigenvalue weighted by Crippen LogP contribution is -2.57. The molecule has 0 radical (unpaired) electrons. The van der Waals surface area contributed by atoms with Crippen LogP contribution >= 0.6 is 0 Å². The monoisotopic (exact) mass is 915 g/mol. The van der Waals surface area contributed by atoms with Gasteiger partial charge in [0.25, 0.3) is 24.9 Å². The van der Waals surface area contributed by atoms with E-state index >= 15 is 0 Å². The van der Waals surface area contributed by atoms with Crippen LogP contribution in [0.25, 0.3) is 0 Å². The molecule has 0 aromatic heterocycles. The molecule has 0 saturated carbocycles. The van der Waals surface area contributed by atoms with Crippen LogP contribution in [0.3, 0.4) is 0 Å². The molecule has 61 heavy (non-hydrogen) atoms. The second-order valence-electron chi connectivity index (χ2n) is 14.9. The number of rotatable bonds is 14. The van der Waals surface area contributed by atoms with E-state index < -0.39 is 0 Å². The normalized spacial score (nSPS) is 9.38. The fourth-order valence-corrected chi connectivity index (χ4v) is 1.31. The lowest BCUT2D eigenvalue weighted by molar-refractivity contribution is -0.384. The van der Waals surface area contributed by atoms with Gasteiger partial charge in [-0.3, -0.25) is 28.8 Å². The van der Waals surface area contributed by atoms with Crippen molar-refractivity contribution in [2.24, 2.45) is 35.5 Å². The SMILES string of the molecule is C.C.CC(=O)C(C)C.CC(=O)C(C)C.CC(=O)C(C)C.CC(=O)C(C)C.CC(=O)C(C)CCCCC(C)C(C)=O.CCC(C)=O.CCC(C)=O.CCC(C)=O.C[NH+]=S.C[NH+]=S.